The molecule has 2 aliphatic heterocycles. The molecule has 0 spiro atoms. The Balaban J connectivity index is 1.52. The number of aliphatic hydroxyl groups excluding tert-OH is 2. The first-order valence-corrected chi connectivity index (χ1v) is 14.7. The van der Waals surface area contributed by atoms with Crippen LogP contribution in [0.2, 0.25) is 0 Å². The molecule has 2 saturated heterocycles. The van der Waals surface area contributed by atoms with Crippen molar-refractivity contribution in [1.29, 1.82) is 0 Å². The minimum Gasteiger partial charge on any atom is -0.443 e. The summed E-state index contributed by atoms with van der Waals surface area (Å²) in [4.78, 5) is 13.0. The van der Waals surface area contributed by atoms with Crippen molar-refractivity contribution < 1.29 is 37.6 Å². The Labute approximate surface area is 229 Å². The van der Waals surface area contributed by atoms with E-state index in [9.17, 15) is 23.4 Å². The van der Waals surface area contributed by atoms with E-state index in [1.807, 2.05) is 44.2 Å². The van der Waals surface area contributed by atoms with Crippen LogP contribution >= 0.6 is 0 Å². The lowest BCUT2D eigenvalue weighted by atomic mass is 10.0. The van der Waals surface area contributed by atoms with Crippen molar-refractivity contribution in [3.63, 3.8) is 0 Å². The number of nitrogens with zero attached hydrogens (tertiary/aromatic N) is 1. The number of hydrogen-bond donors (Lipinski definition) is 3. The van der Waals surface area contributed by atoms with Crippen molar-refractivity contribution in [2.45, 2.75) is 62.7 Å². The quantitative estimate of drug-likeness (QED) is 0.359. The van der Waals surface area contributed by atoms with E-state index < -0.39 is 34.4 Å². The van der Waals surface area contributed by atoms with Crippen LogP contribution in [0, 0.1) is 11.8 Å². The van der Waals surface area contributed by atoms with Crippen LogP contribution in [-0.2, 0) is 37.3 Å². The monoisotopic (exact) mass is 562 g/mol. The van der Waals surface area contributed by atoms with Gasteiger partial charge in [-0.15, -0.1) is 0 Å². The maximum absolute atomic E-state index is 13.6. The molecule has 2 fully saturated rings. The Morgan fingerprint density at radius 3 is 2.56 bits per heavy atom. The summed E-state index contributed by atoms with van der Waals surface area (Å²) in [5, 5.41) is 23.6. The molecule has 2 aromatic rings. The van der Waals surface area contributed by atoms with Gasteiger partial charge in [0, 0.05) is 13.1 Å². The normalized spacial score (nSPS) is 22.6. The molecule has 3 N–H and O–H groups in total. The molecule has 11 heteroatoms. The molecule has 5 atom stereocenters. The van der Waals surface area contributed by atoms with Gasteiger partial charge in [-0.1, -0.05) is 56.3 Å². The molecule has 2 unspecified atom stereocenters. The second kappa shape index (κ2) is 13.2. The zero-order valence-electron chi connectivity index (χ0n) is 22.3. The van der Waals surface area contributed by atoms with Gasteiger partial charge in [0.15, 0.2) is 6.29 Å². The second-order valence-electron chi connectivity index (χ2n) is 10.5. The molecule has 0 aliphatic carbocycles. The van der Waals surface area contributed by atoms with E-state index >= 15 is 0 Å². The maximum atomic E-state index is 13.6. The minimum absolute atomic E-state index is 0.0255. The van der Waals surface area contributed by atoms with E-state index in [0.717, 1.165) is 12.0 Å². The zero-order valence-corrected chi connectivity index (χ0v) is 23.1. The van der Waals surface area contributed by atoms with Crippen LogP contribution in [0.3, 0.4) is 0 Å². The van der Waals surface area contributed by atoms with Gasteiger partial charge in [0.25, 0.3) is 0 Å². The number of aliphatic hydroxyl groups is 2. The van der Waals surface area contributed by atoms with Crippen LogP contribution < -0.4 is 5.32 Å². The highest BCUT2D eigenvalue weighted by Crippen LogP contribution is 2.33. The van der Waals surface area contributed by atoms with Crippen LogP contribution in [-0.4, -0.2) is 79.9 Å². The first-order valence-electron chi connectivity index (χ1n) is 13.3. The standard InChI is InChI=1S/C28H38N2O8S/c1-19(2)15-30(39(34,35)22-10-6-9-21(13-22)17-31)16-25(32)24(14-20-7-4-3-5-8-20)29-28(33)38-26-18-37-27-23(26)11-12-36-27/h3-10,13,19,23-27,31-32H,11-12,14-18H2,1-2H3,(H,29,33)/t23?,24-,25+,26-,27?/m0/s1. The number of nitrogens with one attached hydrogen (secondary N) is 1. The first-order chi connectivity index (χ1) is 18.7. The molecule has 39 heavy (non-hydrogen) atoms. The molecule has 0 radical (unpaired) electrons. The number of carbonyl (C=O) groups excluding carboxylic acids is 1. The van der Waals surface area contributed by atoms with Crippen LogP contribution in [0.15, 0.2) is 59.5 Å². The number of alkyl carbamates (subject to hydrolysis) is 1. The Kier molecular flexibility index (Phi) is 9.97. The number of fused-ring (bicyclic) bond motifs is 1. The smallest absolute Gasteiger partial charge is 0.407 e. The van der Waals surface area contributed by atoms with Gasteiger partial charge in [0.2, 0.25) is 10.0 Å². The van der Waals surface area contributed by atoms with Crippen molar-refractivity contribution in [1.82, 2.24) is 9.62 Å². The molecular weight excluding hydrogens is 524 g/mol. The summed E-state index contributed by atoms with van der Waals surface area (Å²) in [7, 11) is -4.00. The van der Waals surface area contributed by atoms with Crippen molar-refractivity contribution in [2.75, 3.05) is 26.3 Å². The fraction of sp³-hybridized carbons (Fsp3) is 0.536. The maximum Gasteiger partial charge on any atom is 0.407 e. The fourth-order valence-electron chi connectivity index (χ4n) is 4.99. The number of sulfonamides is 1. The summed E-state index contributed by atoms with van der Waals surface area (Å²) in [6.45, 7) is 4.19. The molecule has 4 rings (SSSR count). The van der Waals surface area contributed by atoms with Crippen molar-refractivity contribution in [3.8, 4) is 0 Å². The zero-order chi connectivity index (χ0) is 28.0. The minimum atomic E-state index is -4.00. The third kappa shape index (κ3) is 7.56. The summed E-state index contributed by atoms with van der Waals surface area (Å²) in [6.07, 6.45) is -1.77. The lowest BCUT2D eigenvalue weighted by Crippen LogP contribution is -2.51. The van der Waals surface area contributed by atoms with Gasteiger partial charge >= 0.3 is 6.09 Å². The molecule has 0 bridgehead atoms. The van der Waals surface area contributed by atoms with Gasteiger partial charge in [-0.05, 0) is 42.0 Å². The highest BCUT2D eigenvalue weighted by Gasteiger charge is 2.44. The highest BCUT2D eigenvalue weighted by molar-refractivity contribution is 7.89. The number of ether oxygens (including phenoxy) is 3. The molecule has 1 amide bonds. The Bertz CT molecular complexity index is 1190. The average molecular weight is 563 g/mol. The van der Waals surface area contributed by atoms with Crippen LogP contribution in [0.5, 0.6) is 0 Å². The van der Waals surface area contributed by atoms with Crippen LogP contribution in [0.1, 0.15) is 31.4 Å². The molecule has 2 aliphatic rings. The molecule has 2 heterocycles. The summed E-state index contributed by atoms with van der Waals surface area (Å²) in [5.74, 6) is -0.0583. The van der Waals surface area contributed by atoms with Gasteiger partial charge in [-0.25, -0.2) is 13.2 Å². The Morgan fingerprint density at radius 1 is 1.10 bits per heavy atom. The van der Waals surface area contributed by atoms with E-state index in [1.165, 1.54) is 16.4 Å². The van der Waals surface area contributed by atoms with Crippen LogP contribution in [0.25, 0.3) is 0 Å². The summed E-state index contributed by atoms with van der Waals surface area (Å²) < 4.78 is 45.2. The molecular formula is C28H38N2O8S. The number of hydrogen-bond acceptors (Lipinski definition) is 8. The van der Waals surface area contributed by atoms with Gasteiger partial charge in [0.05, 0.1) is 42.8 Å². The van der Waals surface area contributed by atoms with E-state index in [0.29, 0.717) is 12.2 Å². The number of carbonyl (C=O) groups is 1. The van der Waals surface area contributed by atoms with E-state index in [-0.39, 0.29) is 55.7 Å². The van der Waals surface area contributed by atoms with Crippen molar-refractivity contribution in [2.24, 2.45) is 11.8 Å². The lowest BCUT2D eigenvalue weighted by molar-refractivity contribution is -0.0907. The predicted octanol–water partition coefficient (Wildman–Crippen LogP) is 2.29. The van der Waals surface area contributed by atoms with Gasteiger partial charge in [-0.2, -0.15) is 4.31 Å². The SMILES string of the molecule is CC(C)CN(C[C@@H](O)[C@H](Cc1ccccc1)NC(=O)O[C@H]1COC2OCCC21)S(=O)(=O)c1cccc(CO)c1. The number of amides is 1. The lowest BCUT2D eigenvalue weighted by Gasteiger charge is -2.31. The highest BCUT2D eigenvalue weighted by atomic mass is 32.2. The largest absolute Gasteiger partial charge is 0.443 e. The van der Waals surface area contributed by atoms with E-state index in [1.54, 1.807) is 12.1 Å². The number of benzene rings is 2. The predicted molar refractivity (Wildman–Crippen MR) is 143 cm³/mol. The van der Waals surface area contributed by atoms with Gasteiger partial charge in [0.1, 0.15) is 6.10 Å². The Hall–Kier alpha value is -2.54. The van der Waals surface area contributed by atoms with E-state index in [4.69, 9.17) is 14.2 Å². The fourth-order valence-corrected chi connectivity index (χ4v) is 6.68. The first kappa shape index (κ1) is 29.4. The molecule has 10 nitrogen and oxygen atoms in total. The average Bonchev–Trinajstić information content (AvgIpc) is 3.53. The Morgan fingerprint density at radius 2 is 1.85 bits per heavy atom. The summed E-state index contributed by atoms with van der Waals surface area (Å²) in [6, 6.07) is 14.6. The van der Waals surface area contributed by atoms with Crippen molar-refractivity contribution >= 4 is 16.1 Å². The molecule has 0 aromatic heterocycles. The third-order valence-electron chi connectivity index (χ3n) is 6.99. The van der Waals surface area contributed by atoms with E-state index in [2.05, 4.69) is 5.32 Å². The van der Waals surface area contributed by atoms with Gasteiger partial charge < -0.3 is 29.7 Å². The molecule has 0 saturated carbocycles. The summed E-state index contributed by atoms with van der Waals surface area (Å²) in [5.41, 5.74) is 1.34. The number of rotatable bonds is 12. The third-order valence-corrected chi connectivity index (χ3v) is 8.82. The molecule has 2 aromatic carbocycles. The topological polar surface area (TPSA) is 135 Å². The van der Waals surface area contributed by atoms with Crippen molar-refractivity contribution in [3.05, 3.63) is 65.7 Å². The molecule has 214 valence electrons. The van der Waals surface area contributed by atoms with Gasteiger partial charge in [-0.3, -0.25) is 0 Å². The second-order valence-corrected chi connectivity index (χ2v) is 12.4. The van der Waals surface area contributed by atoms with Crippen LogP contribution in [0.4, 0.5) is 4.79 Å². The summed E-state index contributed by atoms with van der Waals surface area (Å²) >= 11 is 0.